The van der Waals surface area contributed by atoms with Gasteiger partial charge in [-0.05, 0) is 13.8 Å². The molecule has 0 fully saturated rings. The van der Waals surface area contributed by atoms with E-state index in [1.807, 2.05) is 13.8 Å². The molecule has 48 valence electrons. The highest BCUT2D eigenvalue weighted by molar-refractivity contribution is 4.88. The molecule has 1 heteroatoms. The maximum atomic E-state index is 5.07. The summed E-state index contributed by atoms with van der Waals surface area (Å²) in [5.41, 5.74) is 6.10. The second kappa shape index (κ2) is 9.67. The van der Waals surface area contributed by atoms with E-state index in [1.165, 1.54) is 0 Å². The average molecular weight is 113 g/mol. The summed E-state index contributed by atoms with van der Waals surface area (Å²) in [5, 5.41) is 0. The summed E-state index contributed by atoms with van der Waals surface area (Å²) in [4.78, 5) is 0. The van der Waals surface area contributed by atoms with Crippen LogP contribution in [0.25, 0.3) is 0 Å². The van der Waals surface area contributed by atoms with Crippen LogP contribution in [0.5, 0.6) is 0 Å². The number of hydrogen-bond donors (Lipinski definition) is 1. The fraction of sp³-hybridized carbons (Fsp3) is 0.429. The van der Waals surface area contributed by atoms with Crippen molar-refractivity contribution >= 4 is 0 Å². The predicted octanol–water partition coefficient (Wildman–Crippen LogP) is 1.71. The second-order valence-corrected chi connectivity index (χ2v) is 1.57. The molecule has 0 aliphatic carbocycles. The van der Waals surface area contributed by atoms with Crippen molar-refractivity contribution in [3.05, 3.63) is 24.8 Å². The predicted molar refractivity (Wildman–Crippen MR) is 39.7 cm³/mol. The molecular weight excluding hydrogens is 98.1 g/mol. The van der Waals surface area contributed by atoms with E-state index in [4.69, 9.17) is 5.73 Å². The summed E-state index contributed by atoms with van der Waals surface area (Å²) in [7, 11) is 0. The Bertz CT molecular complexity index is 64.8. The molecule has 0 aromatic rings. The van der Waals surface area contributed by atoms with E-state index in [-0.39, 0.29) is 0 Å². The number of hydrogen-bond acceptors (Lipinski definition) is 1. The first kappa shape index (κ1) is 10.4. The fourth-order valence-corrected chi connectivity index (χ4v) is 0. The molecule has 0 heterocycles. The van der Waals surface area contributed by atoms with Gasteiger partial charge >= 0.3 is 0 Å². The van der Waals surface area contributed by atoms with Crippen molar-refractivity contribution in [2.45, 2.75) is 13.8 Å². The van der Waals surface area contributed by atoms with Gasteiger partial charge in [0.05, 0.1) is 0 Å². The quantitative estimate of drug-likeness (QED) is 0.515. The minimum Gasteiger partial charge on any atom is -0.327 e. The highest BCUT2D eigenvalue weighted by Crippen LogP contribution is 1.74. The van der Waals surface area contributed by atoms with Crippen LogP contribution >= 0.6 is 0 Å². The first-order valence-electron chi connectivity index (χ1n) is 2.60. The molecule has 0 saturated heterocycles. The Morgan fingerprint density at radius 2 is 1.88 bits per heavy atom. The summed E-state index contributed by atoms with van der Waals surface area (Å²) in [6, 6.07) is 0. The van der Waals surface area contributed by atoms with Gasteiger partial charge in [-0.1, -0.05) is 18.2 Å². The first-order chi connectivity index (χ1) is 3.68. The van der Waals surface area contributed by atoms with Gasteiger partial charge in [0.15, 0.2) is 0 Å². The maximum Gasteiger partial charge on any atom is 0.0131 e. The smallest absolute Gasteiger partial charge is 0.0131 e. The Morgan fingerprint density at radius 1 is 1.75 bits per heavy atom. The molecular formula is C7H15N. The topological polar surface area (TPSA) is 26.0 Å². The largest absolute Gasteiger partial charge is 0.327 e. The molecule has 0 rings (SSSR count). The van der Waals surface area contributed by atoms with E-state index < -0.39 is 0 Å². The lowest BCUT2D eigenvalue weighted by atomic mass is 10.4. The summed E-state index contributed by atoms with van der Waals surface area (Å²) in [6.07, 6.45) is 1.75. The van der Waals surface area contributed by atoms with Crippen molar-refractivity contribution in [3.63, 3.8) is 0 Å². The third-order valence-electron chi connectivity index (χ3n) is 0.348. The molecule has 2 N–H and O–H groups in total. The zero-order valence-electron chi connectivity index (χ0n) is 5.78. The van der Waals surface area contributed by atoms with E-state index in [0.29, 0.717) is 6.54 Å². The second-order valence-electron chi connectivity index (χ2n) is 1.57. The fourth-order valence-electron chi connectivity index (χ4n) is 0. The van der Waals surface area contributed by atoms with Crippen LogP contribution < -0.4 is 5.73 Å². The minimum atomic E-state index is 0.611. The third kappa shape index (κ3) is 51.7. The maximum absolute atomic E-state index is 5.07. The molecule has 0 atom stereocenters. The van der Waals surface area contributed by atoms with Crippen LogP contribution in [0, 0.1) is 0 Å². The van der Waals surface area contributed by atoms with Gasteiger partial charge in [-0.25, -0.2) is 0 Å². The number of rotatable bonds is 1. The summed E-state index contributed by atoms with van der Waals surface area (Å²) in [5.74, 6) is 0. The van der Waals surface area contributed by atoms with Gasteiger partial charge in [-0.2, -0.15) is 0 Å². The van der Waals surface area contributed by atoms with Gasteiger partial charge in [-0.3, -0.25) is 0 Å². The lowest BCUT2D eigenvalue weighted by Crippen LogP contribution is -1.97. The molecule has 0 bridgehead atoms. The highest BCUT2D eigenvalue weighted by atomic mass is 14.5. The summed E-state index contributed by atoms with van der Waals surface area (Å²) >= 11 is 0. The van der Waals surface area contributed by atoms with Gasteiger partial charge in [0.25, 0.3) is 0 Å². The van der Waals surface area contributed by atoms with Gasteiger partial charge in [0, 0.05) is 6.54 Å². The third-order valence-corrected chi connectivity index (χ3v) is 0.348. The van der Waals surface area contributed by atoms with Crippen molar-refractivity contribution in [1.29, 1.82) is 0 Å². The van der Waals surface area contributed by atoms with E-state index in [2.05, 4.69) is 13.2 Å². The monoisotopic (exact) mass is 113 g/mol. The van der Waals surface area contributed by atoms with Crippen LogP contribution in [0.1, 0.15) is 13.8 Å². The molecule has 0 radical (unpaired) electrons. The van der Waals surface area contributed by atoms with Crippen LogP contribution in [0.4, 0.5) is 0 Å². The first-order valence-corrected chi connectivity index (χ1v) is 2.60. The normalized spacial score (nSPS) is 6.38. The zero-order chi connectivity index (χ0) is 6.99. The molecule has 0 saturated carbocycles. The molecule has 0 aliphatic rings. The van der Waals surface area contributed by atoms with Crippen molar-refractivity contribution < 1.29 is 0 Å². The lowest BCUT2D eigenvalue weighted by Gasteiger charge is -1.80. The van der Waals surface area contributed by atoms with E-state index in [1.54, 1.807) is 6.08 Å². The number of allylic oxidation sites excluding steroid dienone is 1. The highest BCUT2D eigenvalue weighted by Gasteiger charge is 1.67. The van der Waals surface area contributed by atoms with E-state index in [0.717, 1.165) is 5.57 Å². The van der Waals surface area contributed by atoms with E-state index in [9.17, 15) is 0 Å². The number of nitrogens with two attached hydrogens (primary N) is 1. The van der Waals surface area contributed by atoms with Gasteiger partial charge in [-0.15, -0.1) is 6.58 Å². The molecule has 1 nitrogen and oxygen atoms in total. The molecule has 0 aliphatic heterocycles. The van der Waals surface area contributed by atoms with Crippen molar-refractivity contribution in [2.75, 3.05) is 6.54 Å². The van der Waals surface area contributed by atoms with Crippen LogP contribution in [0.15, 0.2) is 24.8 Å². The van der Waals surface area contributed by atoms with Crippen LogP contribution in [0.2, 0.25) is 0 Å². The summed E-state index contributed by atoms with van der Waals surface area (Å²) < 4.78 is 0. The average Bonchev–Trinajstić information content (AvgIpc) is 1.69. The van der Waals surface area contributed by atoms with Crippen molar-refractivity contribution in [1.82, 2.24) is 0 Å². The molecule has 0 amide bonds. The molecule has 8 heavy (non-hydrogen) atoms. The standard InChI is InChI=1S/C4H9N.C3H6/c1-4(2)3-5;1-3-2/h1,3,5H2,2H3;3H,1H2,2H3. The molecule has 0 aromatic heterocycles. The van der Waals surface area contributed by atoms with E-state index >= 15 is 0 Å². The Balaban J connectivity index is 0. The van der Waals surface area contributed by atoms with Crippen molar-refractivity contribution in [2.24, 2.45) is 5.73 Å². The molecule has 0 spiro atoms. The van der Waals surface area contributed by atoms with Crippen molar-refractivity contribution in [3.8, 4) is 0 Å². The molecule has 0 aromatic carbocycles. The SMILES string of the molecule is C=C(C)CN.C=CC. The zero-order valence-corrected chi connectivity index (χ0v) is 5.78. The van der Waals surface area contributed by atoms with Gasteiger partial charge < -0.3 is 5.73 Å². The van der Waals surface area contributed by atoms with Gasteiger partial charge in [0.2, 0.25) is 0 Å². The van der Waals surface area contributed by atoms with Gasteiger partial charge in [0.1, 0.15) is 0 Å². The lowest BCUT2D eigenvalue weighted by molar-refractivity contribution is 1.15. The Kier molecular flexibility index (Phi) is 12.6. The van der Waals surface area contributed by atoms with Crippen LogP contribution in [-0.4, -0.2) is 6.54 Å². The Hall–Kier alpha value is -0.560. The Labute approximate surface area is 51.9 Å². The van der Waals surface area contributed by atoms with Crippen LogP contribution in [-0.2, 0) is 0 Å². The molecule has 0 unspecified atom stereocenters. The minimum absolute atomic E-state index is 0.611. The summed E-state index contributed by atoms with van der Waals surface area (Å²) in [6.45, 7) is 11.3. The Morgan fingerprint density at radius 3 is 1.88 bits per heavy atom. The van der Waals surface area contributed by atoms with Crippen LogP contribution in [0.3, 0.4) is 0 Å².